The second-order valence-electron chi connectivity index (χ2n) is 7.53. The van der Waals surface area contributed by atoms with Crippen molar-refractivity contribution < 1.29 is 9.59 Å². The minimum absolute atomic E-state index is 0.0629. The van der Waals surface area contributed by atoms with Crippen LogP contribution in [0.15, 0.2) is 24.3 Å². The van der Waals surface area contributed by atoms with E-state index >= 15 is 0 Å². The average Bonchev–Trinajstić information content (AvgIpc) is 2.67. The third-order valence-electron chi connectivity index (χ3n) is 5.36. The lowest BCUT2D eigenvalue weighted by Crippen LogP contribution is -2.33. The van der Waals surface area contributed by atoms with Gasteiger partial charge in [-0.2, -0.15) is 0 Å². The maximum atomic E-state index is 12.3. The average molecular weight is 360 g/mol. The lowest BCUT2D eigenvalue weighted by atomic mass is 9.84. The zero-order valence-corrected chi connectivity index (χ0v) is 16.3. The van der Waals surface area contributed by atoms with E-state index in [9.17, 15) is 9.59 Å². The van der Waals surface area contributed by atoms with Crippen LogP contribution in [0.2, 0.25) is 0 Å². The number of carbonyl (C=O) groups excluding carboxylic acids is 2. The molecule has 5 nitrogen and oxygen atoms in total. The molecule has 26 heavy (non-hydrogen) atoms. The zero-order valence-electron chi connectivity index (χ0n) is 16.3. The molecule has 144 valence electrons. The van der Waals surface area contributed by atoms with Crippen molar-refractivity contribution in [2.45, 2.75) is 59.0 Å². The summed E-state index contributed by atoms with van der Waals surface area (Å²) in [6.07, 6.45) is 3.78. The van der Waals surface area contributed by atoms with Gasteiger partial charge in [-0.1, -0.05) is 26.0 Å². The van der Waals surface area contributed by atoms with Gasteiger partial charge in [-0.25, -0.2) is 0 Å². The molecule has 0 spiro atoms. The number of rotatable bonds is 8. The predicted molar refractivity (Wildman–Crippen MR) is 105 cm³/mol. The van der Waals surface area contributed by atoms with Gasteiger partial charge in [0.15, 0.2) is 0 Å². The van der Waals surface area contributed by atoms with Crippen molar-refractivity contribution >= 4 is 11.8 Å². The topological polar surface area (TPSA) is 70.2 Å². The van der Waals surface area contributed by atoms with Crippen LogP contribution in [0, 0.1) is 11.8 Å². The quantitative estimate of drug-likeness (QED) is 0.668. The minimum Gasteiger partial charge on any atom is -0.352 e. The van der Waals surface area contributed by atoms with Crippen molar-refractivity contribution in [3.8, 4) is 0 Å². The van der Waals surface area contributed by atoms with Crippen LogP contribution in [0.4, 0.5) is 0 Å². The third-order valence-corrected chi connectivity index (χ3v) is 5.36. The fourth-order valence-electron chi connectivity index (χ4n) is 3.38. The minimum atomic E-state index is -0.0629. The van der Waals surface area contributed by atoms with Crippen LogP contribution >= 0.6 is 0 Å². The highest BCUT2D eigenvalue weighted by Crippen LogP contribution is 2.24. The highest BCUT2D eigenvalue weighted by atomic mass is 16.2. The molecule has 0 bridgehead atoms. The highest BCUT2D eigenvalue weighted by molar-refractivity contribution is 5.94. The van der Waals surface area contributed by atoms with Gasteiger partial charge in [-0.3, -0.25) is 9.59 Å². The molecule has 1 aliphatic heterocycles. The Balaban J connectivity index is 1.82. The molecule has 1 heterocycles. The van der Waals surface area contributed by atoms with Crippen LogP contribution in [0.25, 0.3) is 0 Å². The predicted octanol–water partition coefficient (Wildman–Crippen LogP) is 2.86. The van der Waals surface area contributed by atoms with Gasteiger partial charge in [0.05, 0.1) is 0 Å². The van der Waals surface area contributed by atoms with Gasteiger partial charge in [0.1, 0.15) is 0 Å². The van der Waals surface area contributed by atoms with Gasteiger partial charge in [0, 0.05) is 24.6 Å². The Kier molecular flexibility index (Phi) is 8.10. The van der Waals surface area contributed by atoms with E-state index in [0.29, 0.717) is 30.4 Å². The van der Waals surface area contributed by atoms with Crippen LogP contribution in [-0.4, -0.2) is 30.9 Å². The highest BCUT2D eigenvalue weighted by Gasteiger charge is 2.21. The fourth-order valence-corrected chi connectivity index (χ4v) is 3.38. The monoisotopic (exact) mass is 359 g/mol. The van der Waals surface area contributed by atoms with Crippen molar-refractivity contribution in [1.29, 1.82) is 0 Å². The van der Waals surface area contributed by atoms with E-state index in [1.54, 1.807) is 0 Å². The number of carbonyl (C=O) groups is 2. The van der Waals surface area contributed by atoms with Gasteiger partial charge >= 0.3 is 0 Å². The molecule has 1 aliphatic rings. The maximum Gasteiger partial charge on any atom is 0.251 e. The molecule has 1 fully saturated rings. The summed E-state index contributed by atoms with van der Waals surface area (Å²) in [5.41, 5.74) is 1.59. The van der Waals surface area contributed by atoms with Gasteiger partial charge in [0.2, 0.25) is 5.91 Å². The van der Waals surface area contributed by atoms with Crippen LogP contribution in [0.5, 0.6) is 0 Å². The number of hydrogen-bond acceptors (Lipinski definition) is 3. The van der Waals surface area contributed by atoms with Crippen LogP contribution in [0.3, 0.4) is 0 Å². The molecule has 2 atom stereocenters. The summed E-state index contributed by atoms with van der Waals surface area (Å²) < 4.78 is 0. The summed E-state index contributed by atoms with van der Waals surface area (Å²) in [5.74, 6) is 1.07. The Labute approximate surface area is 157 Å². The van der Waals surface area contributed by atoms with E-state index < -0.39 is 0 Å². The van der Waals surface area contributed by atoms with E-state index in [2.05, 4.69) is 22.9 Å². The Morgan fingerprint density at radius 3 is 2.65 bits per heavy atom. The Morgan fingerprint density at radius 2 is 1.96 bits per heavy atom. The second kappa shape index (κ2) is 10.3. The molecule has 1 aromatic carbocycles. The summed E-state index contributed by atoms with van der Waals surface area (Å²) in [7, 11) is 0. The SMILES string of the molecule is CCC(C)NC(=O)c1cccc(CNC(=O)CC(C)C2CCNCC2)c1. The molecule has 2 amide bonds. The number of hydrogen-bond donors (Lipinski definition) is 3. The Bertz CT molecular complexity index is 597. The van der Waals surface area contributed by atoms with Crippen LogP contribution in [-0.2, 0) is 11.3 Å². The first-order valence-corrected chi connectivity index (χ1v) is 9.86. The van der Waals surface area contributed by atoms with E-state index in [4.69, 9.17) is 0 Å². The normalized spacial score (nSPS) is 17.3. The third kappa shape index (κ3) is 6.45. The molecular formula is C21H33N3O2. The van der Waals surface area contributed by atoms with Crippen molar-refractivity contribution in [2.75, 3.05) is 13.1 Å². The smallest absolute Gasteiger partial charge is 0.251 e. The molecule has 0 saturated carbocycles. The van der Waals surface area contributed by atoms with Crippen molar-refractivity contribution in [3.63, 3.8) is 0 Å². The number of nitrogens with one attached hydrogen (secondary N) is 3. The molecule has 0 aliphatic carbocycles. The number of piperidine rings is 1. The van der Waals surface area contributed by atoms with Crippen molar-refractivity contribution in [2.24, 2.45) is 11.8 Å². The van der Waals surface area contributed by atoms with Crippen molar-refractivity contribution in [1.82, 2.24) is 16.0 Å². The number of amides is 2. The van der Waals surface area contributed by atoms with Crippen LogP contribution in [0.1, 0.15) is 62.4 Å². The molecule has 2 unspecified atom stereocenters. The van der Waals surface area contributed by atoms with Crippen LogP contribution < -0.4 is 16.0 Å². The lowest BCUT2D eigenvalue weighted by molar-refractivity contribution is -0.122. The first kappa shape index (κ1) is 20.4. The first-order valence-electron chi connectivity index (χ1n) is 9.86. The first-order chi connectivity index (χ1) is 12.5. The van der Waals surface area contributed by atoms with E-state index in [1.807, 2.05) is 38.1 Å². The van der Waals surface area contributed by atoms with E-state index in [1.165, 1.54) is 0 Å². The van der Waals surface area contributed by atoms with Gasteiger partial charge in [-0.05, 0) is 68.8 Å². The molecule has 0 aromatic heterocycles. The summed E-state index contributed by atoms with van der Waals surface area (Å²) >= 11 is 0. The maximum absolute atomic E-state index is 12.3. The van der Waals surface area contributed by atoms with Gasteiger partial charge in [0.25, 0.3) is 5.91 Å². The molecule has 3 N–H and O–H groups in total. The van der Waals surface area contributed by atoms with Gasteiger partial charge < -0.3 is 16.0 Å². The Morgan fingerprint density at radius 1 is 1.23 bits per heavy atom. The molecule has 0 radical (unpaired) electrons. The molecule has 2 rings (SSSR count). The number of benzene rings is 1. The largest absolute Gasteiger partial charge is 0.352 e. The molecule has 1 saturated heterocycles. The summed E-state index contributed by atoms with van der Waals surface area (Å²) in [5, 5.41) is 9.34. The summed E-state index contributed by atoms with van der Waals surface area (Å²) in [4.78, 5) is 24.5. The van der Waals surface area contributed by atoms with Crippen molar-refractivity contribution in [3.05, 3.63) is 35.4 Å². The Hall–Kier alpha value is -1.88. The standard InChI is InChI=1S/C21H33N3O2/c1-4-16(3)24-21(26)19-7-5-6-17(13-19)14-23-20(25)12-15(2)18-8-10-22-11-9-18/h5-7,13,15-16,18,22H,4,8-12,14H2,1-3H3,(H,23,25)(H,24,26). The van der Waals surface area contributed by atoms with Gasteiger partial charge in [-0.15, -0.1) is 0 Å². The van der Waals surface area contributed by atoms with E-state index in [0.717, 1.165) is 37.9 Å². The molecule has 1 aromatic rings. The van der Waals surface area contributed by atoms with E-state index in [-0.39, 0.29) is 17.9 Å². The lowest BCUT2D eigenvalue weighted by Gasteiger charge is -2.27. The fraction of sp³-hybridized carbons (Fsp3) is 0.619. The summed E-state index contributed by atoms with van der Waals surface area (Å²) in [6, 6.07) is 7.62. The molecular weight excluding hydrogens is 326 g/mol. The second-order valence-corrected chi connectivity index (χ2v) is 7.53. The molecule has 5 heteroatoms. The zero-order chi connectivity index (χ0) is 18.9. The summed E-state index contributed by atoms with van der Waals surface area (Å²) in [6.45, 7) is 8.79.